The lowest BCUT2D eigenvalue weighted by molar-refractivity contribution is 0.305. The number of halogens is 2. The molecule has 1 nitrogen and oxygen atoms in total. The van der Waals surface area contributed by atoms with Crippen LogP contribution >= 0.6 is 31.9 Å². The molecule has 0 saturated carbocycles. The number of benzene rings is 2. The molecule has 0 aromatic heterocycles. The van der Waals surface area contributed by atoms with Crippen LogP contribution in [0.15, 0.2) is 60.7 Å². The van der Waals surface area contributed by atoms with Crippen molar-refractivity contribution in [1.82, 2.24) is 0 Å². The summed E-state index contributed by atoms with van der Waals surface area (Å²) in [6.45, 7) is 7.60. The highest BCUT2D eigenvalue weighted by Crippen LogP contribution is 2.37. The molecule has 2 aromatic carbocycles. The monoisotopic (exact) mass is 454 g/mol. The Balaban J connectivity index is 2.60. The highest BCUT2D eigenvalue weighted by Gasteiger charge is 2.50. The smallest absolute Gasteiger partial charge is 0.261 e. The molecule has 0 N–H and O–H groups in total. The third kappa shape index (κ3) is 4.16. The summed E-state index contributed by atoms with van der Waals surface area (Å²) in [4.78, 5) is 0.309. The summed E-state index contributed by atoms with van der Waals surface area (Å²) in [7, 11) is -2.38. The lowest BCUT2D eigenvalue weighted by Gasteiger charge is -2.43. The molecule has 4 heteroatoms. The highest BCUT2D eigenvalue weighted by atomic mass is 79.9. The first-order valence-corrected chi connectivity index (χ1v) is 11.8. The average molecular weight is 456 g/mol. The molecule has 23 heavy (non-hydrogen) atoms. The Labute approximate surface area is 157 Å². The Kier molecular flexibility index (Phi) is 6.66. The Morgan fingerprint density at radius 1 is 0.913 bits per heavy atom. The molecule has 2 rings (SSSR count). The van der Waals surface area contributed by atoms with Crippen LogP contribution in [0, 0.1) is 0 Å². The van der Waals surface area contributed by atoms with Crippen molar-refractivity contribution >= 4 is 50.6 Å². The van der Waals surface area contributed by atoms with Crippen LogP contribution in [0.3, 0.4) is 0 Å². The van der Waals surface area contributed by atoms with E-state index in [2.05, 4.69) is 113 Å². The zero-order valence-electron chi connectivity index (χ0n) is 13.9. The van der Waals surface area contributed by atoms with Gasteiger partial charge in [0, 0.05) is 16.8 Å². The van der Waals surface area contributed by atoms with Gasteiger partial charge in [0.15, 0.2) is 0 Å². The fraction of sp³-hybridized carbons (Fsp3) is 0.368. The Hall–Kier alpha value is -0.423. The van der Waals surface area contributed by atoms with E-state index >= 15 is 0 Å². The predicted octanol–water partition coefficient (Wildman–Crippen LogP) is 4.72. The minimum atomic E-state index is -2.38. The van der Waals surface area contributed by atoms with Gasteiger partial charge in [0.1, 0.15) is 0 Å². The second kappa shape index (κ2) is 8.10. The number of hydrogen-bond donors (Lipinski definition) is 0. The zero-order valence-corrected chi connectivity index (χ0v) is 18.1. The molecular formula is C19H24Br2OSi. The van der Waals surface area contributed by atoms with E-state index < -0.39 is 8.32 Å². The molecule has 0 heterocycles. The molecule has 1 unspecified atom stereocenters. The maximum Gasteiger partial charge on any atom is 0.261 e. The van der Waals surface area contributed by atoms with E-state index in [-0.39, 0.29) is 5.04 Å². The summed E-state index contributed by atoms with van der Waals surface area (Å²) >= 11 is 7.23. The van der Waals surface area contributed by atoms with E-state index in [4.69, 9.17) is 4.43 Å². The standard InChI is InChI=1S/C19H24Br2OSi/c1-19(2,3)23(22-15-16(21)14-20,17-10-6-4-7-11-17)18-12-8-5-9-13-18/h4-13,16H,14-15H2,1-3H3. The highest BCUT2D eigenvalue weighted by molar-refractivity contribution is 9.12. The SMILES string of the molecule is CC(C)(C)[Si](OCC(Br)CBr)(c1ccccc1)c1ccccc1. The summed E-state index contributed by atoms with van der Waals surface area (Å²) < 4.78 is 6.78. The molecule has 0 spiro atoms. The van der Waals surface area contributed by atoms with Gasteiger partial charge in [0.25, 0.3) is 8.32 Å². The fourth-order valence-electron chi connectivity index (χ4n) is 3.02. The number of hydrogen-bond acceptors (Lipinski definition) is 1. The van der Waals surface area contributed by atoms with E-state index in [0.717, 1.165) is 5.33 Å². The van der Waals surface area contributed by atoms with Crippen LogP contribution in [0.5, 0.6) is 0 Å². The van der Waals surface area contributed by atoms with Crippen molar-refractivity contribution in [2.45, 2.75) is 30.6 Å². The van der Waals surface area contributed by atoms with Crippen LogP contribution < -0.4 is 10.4 Å². The third-order valence-corrected chi connectivity index (χ3v) is 11.3. The molecule has 0 aliphatic carbocycles. The summed E-state index contributed by atoms with van der Waals surface area (Å²) in [6, 6.07) is 21.5. The van der Waals surface area contributed by atoms with Gasteiger partial charge in [-0.25, -0.2) is 0 Å². The Morgan fingerprint density at radius 3 is 1.70 bits per heavy atom. The molecule has 0 bridgehead atoms. The lowest BCUT2D eigenvalue weighted by atomic mass is 10.2. The maximum absolute atomic E-state index is 6.78. The largest absolute Gasteiger partial charge is 0.406 e. The van der Waals surface area contributed by atoms with Crippen molar-refractivity contribution in [3.05, 3.63) is 60.7 Å². The van der Waals surface area contributed by atoms with Gasteiger partial charge >= 0.3 is 0 Å². The second-order valence-corrected chi connectivity index (χ2v) is 13.0. The van der Waals surface area contributed by atoms with Crippen molar-refractivity contribution < 1.29 is 4.43 Å². The van der Waals surface area contributed by atoms with Gasteiger partial charge in [0.2, 0.25) is 0 Å². The van der Waals surface area contributed by atoms with E-state index in [1.54, 1.807) is 0 Å². The minimum absolute atomic E-state index is 0.0364. The van der Waals surface area contributed by atoms with Crippen LogP contribution in [0.1, 0.15) is 20.8 Å². The molecule has 1 atom stereocenters. The summed E-state index contributed by atoms with van der Waals surface area (Å²) in [6.07, 6.45) is 0. The predicted molar refractivity (Wildman–Crippen MR) is 110 cm³/mol. The molecule has 0 saturated heterocycles. The van der Waals surface area contributed by atoms with Crippen LogP contribution in [-0.4, -0.2) is 25.1 Å². The van der Waals surface area contributed by atoms with Crippen molar-refractivity contribution in [2.75, 3.05) is 11.9 Å². The van der Waals surface area contributed by atoms with Crippen LogP contribution in [0.4, 0.5) is 0 Å². The number of alkyl halides is 2. The van der Waals surface area contributed by atoms with E-state index in [1.807, 2.05) is 0 Å². The van der Waals surface area contributed by atoms with E-state index in [9.17, 15) is 0 Å². The summed E-state index contributed by atoms with van der Waals surface area (Å²) in [5.74, 6) is 0. The van der Waals surface area contributed by atoms with Gasteiger partial charge in [0.05, 0.1) is 0 Å². The molecule has 0 amide bonds. The first-order chi connectivity index (χ1) is 10.9. The lowest BCUT2D eigenvalue weighted by Crippen LogP contribution is -2.67. The molecule has 0 radical (unpaired) electrons. The van der Waals surface area contributed by atoms with Crippen LogP contribution in [0.2, 0.25) is 5.04 Å². The van der Waals surface area contributed by atoms with Crippen molar-refractivity contribution in [1.29, 1.82) is 0 Å². The molecule has 2 aromatic rings. The summed E-state index contributed by atoms with van der Waals surface area (Å²) in [5, 5.41) is 3.57. The molecular weight excluding hydrogens is 432 g/mol. The third-order valence-electron chi connectivity index (χ3n) is 4.06. The molecule has 0 aliphatic heterocycles. The first-order valence-electron chi connectivity index (χ1n) is 7.87. The zero-order chi connectivity index (χ0) is 16.9. The van der Waals surface area contributed by atoms with Gasteiger partial charge in [-0.3, -0.25) is 0 Å². The topological polar surface area (TPSA) is 9.23 Å². The quantitative estimate of drug-likeness (QED) is 0.452. The maximum atomic E-state index is 6.78. The van der Waals surface area contributed by atoms with E-state index in [0.29, 0.717) is 11.4 Å². The fourth-order valence-corrected chi connectivity index (χ4v) is 8.19. The van der Waals surface area contributed by atoms with Crippen molar-refractivity contribution in [3.63, 3.8) is 0 Å². The molecule has 0 aliphatic rings. The van der Waals surface area contributed by atoms with Gasteiger partial charge < -0.3 is 4.43 Å². The molecule has 124 valence electrons. The summed E-state index contributed by atoms with van der Waals surface area (Å²) in [5.41, 5.74) is 0. The number of rotatable bonds is 6. The minimum Gasteiger partial charge on any atom is -0.406 e. The second-order valence-electron chi connectivity index (χ2n) is 6.73. The van der Waals surface area contributed by atoms with Crippen LogP contribution in [0.25, 0.3) is 0 Å². The van der Waals surface area contributed by atoms with Gasteiger partial charge in [-0.1, -0.05) is 113 Å². The molecule has 0 fully saturated rings. The van der Waals surface area contributed by atoms with Gasteiger partial charge in [-0.2, -0.15) is 0 Å². The van der Waals surface area contributed by atoms with Crippen molar-refractivity contribution in [2.24, 2.45) is 0 Å². The first kappa shape index (κ1) is 18.9. The van der Waals surface area contributed by atoms with Crippen molar-refractivity contribution in [3.8, 4) is 0 Å². The average Bonchev–Trinajstić information content (AvgIpc) is 2.56. The van der Waals surface area contributed by atoms with Crippen LogP contribution in [-0.2, 0) is 4.43 Å². The van der Waals surface area contributed by atoms with Gasteiger partial charge in [-0.05, 0) is 15.4 Å². The van der Waals surface area contributed by atoms with Gasteiger partial charge in [-0.15, -0.1) is 0 Å². The van der Waals surface area contributed by atoms with E-state index in [1.165, 1.54) is 10.4 Å². The normalized spacial score (nSPS) is 13.8. The Bertz CT molecular complexity index is 556. The Morgan fingerprint density at radius 2 is 1.35 bits per heavy atom.